The quantitative estimate of drug-likeness (QED) is 0.579. The molecule has 0 radical (unpaired) electrons. The number of nitrogens with zero attached hydrogens (tertiary/aromatic N) is 2. The molecule has 122 valence electrons. The van der Waals surface area contributed by atoms with Crippen LogP contribution < -0.4 is 15.1 Å². The van der Waals surface area contributed by atoms with E-state index in [4.69, 9.17) is 9.47 Å². The molecule has 25 heavy (non-hydrogen) atoms. The smallest absolute Gasteiger partial charge is 0.240 e. The highest BCUT2D eigenvalue weighted by Crippen LogP contribution is 2.46. The molecular weight excluding hydrogens is 314 g/mol. The lowest BCUT2D eigenvalue weighted by atomic mass is 10.2. The van der Waals surface area contributed by atoms with Crippen molar-refractivity contribution in [1.29, 1.82) is 0 Å². The van der Waals surface area contributed by atoms with Crippen LogP contribution in [0.15, 0.2) is 77.9 Å². The zero-order chi connectivity index (χ0) is 16.6. The second-order valence-corrected chi connectivity index (χ2v) is 5.82. The Kier molecular flexibility index (Phi) is 3.10. The van der Waals surface area contributed by atoms with Crippen LogP contribution in [0.5, 0.6) is 11.5 Å². The van der Waals surface area contributed by atoms with E-state index in [1.54, 1.807) is 0 Å². The summed E-state index contributed by atoms with van der Waals surface area (Å²) in [5.74, 6) is 2.22. The maximum absolute atomic E-state index is 6.01. The van der Waals surface area contributed by atoms with Crippen molar-refractivity contribution in [2.75, 3.05) is 17.1 Å². The van der Waals surface area contributed by atoms with Crippen LogP contribution in [0.25, 0.3) is 0 Å². The molecule has 0 fully saturated rings. The van der Waals surface area contributed by atoms with Crippen molar-refractivity contribution in [3.05, 3.63) is 78.4 Å². The number of para-hydroxylation sites is 3. The van der Waals surface area contributed by atoms with Gasteiger partial charge in [0.15, 0.2) is 18.2 Å². The molecular formula is C20H15N3O2. The fraction of sp³-hybridized carbons (Fsp3) is 0.0500. The molecule has 0 aromatic heterocycles. The van der Waals surface area contributed by atoms with Gasteiger partial charge < -0.3 is 14.8 Å². The van der Waals surface area contributed by atoms with Crippen molar-refractivity contribution in [2.24, 2.45) is 5.10 Å². The van der Waals surface area contributed by atoms with E-state index < -0.39 is 0 Å². The molecule has 3 aromatic rings. The van der Waals surface area contributed by atoms with Crippen molar-refractivity contribution in [3.63, 3.8) is 0 Å². The number of benzene rings is 3. The van der Waals surface area contributed by atoms with Gasteiger partial charge in [-0.2, -0.15) is 0 Å². The summed E-state index contributed by atoms with van der Waals surface area (Å²) in [6, 6.07) is 23.7. The predicted octanol–water partition coefficient (Wildman–Crippen LogP) is 4.69. The largest absolute Gasteiger partial charge is 0.453 e. The van der Waals surface area contributed by atoms with Gasteiger partial charge in [-0.15, -0.1) is 5.10 Å². The molecule has 0 amide bonds. The first-order chi connectivity index (χ1) is 12.4. The Morgan fingerprint density at radius 1 is 0.840 bits per heavy atom. The first-order valence-electron chi connectivity index (χ1n) is 8.10. The average molecular weight is 329 g/mol. The number of hydrogen-bond acceptors (Lipinski definition) is 5. The van der Waals surface area contributed by atoms with Gasteiger partial charge in [-0.3, -0.25) is 0 Å². The van der Waals surface area contributed by atoms with Crippen molar-refractivity contribution >= 4 is 23.0 Å². The van der Waals surface area contributed by atoms with Gasteiger partial charge in [0.05, 0.1) is 11.4 Å². The van der Waals surface area contributed by atoms with Gasteiger partial charge in [-0.05, 0) is 36.4 Å². The highest BCUT2D eigenvalue weighted by atomic mass is 16.5. The van der Waals surface area contributed by atoms with Crippen LogP contribution in [-0.4, -0.2) is 12.6 Å². The lowest BCUT2D eigenvalue weighted by Crippen LogP contribution is -2.16. The molecule has 5 nitrogen and oxygen atoms in total. The third-order valence-corrected chi connectivity index (χ3v) is 4.20. The molecule has 2 aliphatic heterocycles. The van der Waals surface area contributed by atoms with Gasteiger partial charge in [0.1, 0.15) is 5.69 Å². The summed E-state index contributed by atoms with van der Waals surface area (Å²) in [4.78, 5) is 0. The number of ether oxygens (including phenoxy) is 2. The van der Waals surface area contributed by atoms with Gasteiger partial charge in [0, 0.05) is 5.56 Å². The summed E-state index contributed by atoms with van der Waals surface area (Å²) in [6.45, 7) is 0.365. The van der Waals surface area contributed by atoms with E-state index >= 15 is 0 Å². The maximum Gasteiger partial charge on any atom is 0.240 e. The van der Waals surface area contributed by atoms with Gasteiger partial charge in [0.2, 0.25) is 5.90 Å². The van der Waals surface area contributed by atoms with E-state index in [1.807, 2.05) is 77.8 Å². The fourth-order valence-electron chi connectivity index (χ4n) is 2.99. The molecule has 3 aromatic carbocycles. The molecule has 5 heteroatoms. The number of fused-ring (bicyclic) bond motifs is 2. The number of nitrogens with one attached hydrogen (secondary N) is 1. The minimum atomic E-state index is 0.365. The monoisotopic (exact) mass is 329 g/mol. The van der Waals surface area contributed by atoms with E-state index in [1.165, 1.54) is 0 Å². The molecule has 0 bridgehead atoms. The first-order valence-corrected chi connectivity index (χ1v) is 8.10. The van der Waals surface area contributed by atoms with E-state index in [0.29, 0.717) is 12.6 Å². The van der Waals surface area contributed by atoms with Gasteiger partial charge in [-0.1, -0.05) is 36.4 Å². The Labute approximate surface area is 145 Å². The van der Waals surface area contributed by atoms with Crippen molar-refractivity contribution in [2.45, 2.75) is 0 Å². The Morgan fingerprint density at radius 3 is 2.56 bits per heavy atom. The molecule has 5 rings (SSSR count). The molecule has 2 heterocycles. The first kappa shape index (κ1) is 13.9. The minimum absolute atomic E-state index is 0.365. The summed E-state index contributed by atoms with van der Waals surface area (Å²) in [5, 5.41) is 9.91. The number of hydrogen-bond donors (Lipinski definition) is 1. The fourth-order valence-corrected chi connectivity index (χ4v) is 2.99. The normalized spacial score (nSPS) is 14.6. The molecule has 2 aliphatic rings. The van der Waals surface area contributed by atoms with E-state index in [0.717, 1.165) is 34.1 Å². The Hall–Kier alpha value is -3.47. The Balaban J connectivity index is 1.52. The molecule has 0 saturated carbocycles. The lowest BCUT2D eigenvalue weighted by molar-refractivity contribution is 0.338. The number of rotatable bonds is 2. The average Bonchev–Trinajstić information content (AvgIpc) is 3.16. The molecule has 0 spiro atoms. The standard InChI is InChI=1S/C20H15N3O2/c1-2-7-14(8-3-1)20-22-23(13-24-20)16-10-6-12-18-19(16)21-15-9-4-5-11-17(15)25-18/h1-12,21H,13H2. The summed E-state index contributed by atoms with van der Waals surface area (Å²) in [6.07, 6.45) is 0. The summed E-state index contributed by atoms with van der Waals surface area (Å²) < 4.78 is 11.8. The van der Waals surface area contributed by atoms with E-state index in [9.17, 15) is 0 Å². The molecule has 0 atom stereocenters. The van der Waals surface area contributed by atoms with Crippen LogP contribution >= 0.6 is 0 Å². The second-order valence-electron chi connectivity index (χ2n) is 5.82. The van der Waals surface area contributed by atoms with Crippen molar-refractivity contribution in [1.82, 2.24) is 0 Å². The topological polar surface area (TPSA) is 46.1 Å². The number of hydrazone groups is 1. The van der Waals surface area contributed by atoms with Crippen LogP contribution in [0.4, 0.5) is 17.1 Å². The Morgan fingerprint density at radius 2 is 1.64 bits per heavy atom. The van der Waals surface area contributed by atoms with Crippen LogP contribution in [0.2, 0.25) is 0 Å². The van der Waals surface area contributed by atoms with Gasteiger partial charge >= 0.3 is 0 Å². The minimum Gasteiger partial charge on any atom is -0.453 e. The summed E-state index contributed by atoms with van der Waals surface area (Å²) >= 11 is 0. The van der Waals surface area contributed by atoms with Crippen LogP contribution in [0.1, 0.15) is 5.56 Å². The number of anilines is 3. The zero-order valence-electron chi connectivity index (χ0n) is 13.3. The van der Waals surface area contributed by atoms with Crippen LogP contribution in [0, 0.1) is 0 Å². The van der Waals surface area contributed by atoms with E-state index in [2.05, 4.69) is 10.4 Å². The zero-order valence-corrected chi connectivity index (χ0v) is 13.3. The SMILES string of the molecule is c1ccc(C2=NN(c3cccc4c3Nc3ccccc3O4)CO2)cc1. The van der Waals surface area contributed by atoms with Crippen molar-refractivity contribution < 1.29 is 9.47 Å². The van der Waals surface area contributed by atoms with Crippen molar-refractivity contribution in [3.8, 4) is 11.5 Å². The highest BCUT2D eigenvalue weighted by Gasteiger charge is 2.25. The van der Waals surface area contributed by atoms with Crippen LogP contribution in [0.3, 0.4) is 0 Å². The highest BCUT2D eigenvalue weighted by molar-refractivity contribution is 5.96. The maximum atomic E-state index is 6.01. The van der Waals surface area contributed by atoms with Gasteiger partial charge in [-0.25, -0.2) is 5.01 Å². The van der Waals surface area contributed by atoms with E-state index in [-0.39, 0.29) is 0 Å². The third-order valence-electron chi connectivity index (χ3n) is 4.20. The molecule has 0 unspecified atom stereocenters. The van der Waals surface area contributed by atoms with Gasteiger partial charge in [0.25, 0.3) is 0 Å². The molecule has 0 aliphatic carbocycles. The second kappa shape index (κ2) is 5.56. The lowest BCUT2D eigenvalue weighted by Gasteiger charge is -2.25. The third kappa shape index (κ3) is 2.37. The summed E-state index contributed by atoms with van der Waals surface area (Å²) in [7, 11) is 0. The molecule has 1 N–H and O–H groups in total. The van der Waals surface area contributed by atoms with Crippen LogP contribution in [-0.2, 0) is 4.74 Å². The predicted molar refractivity (Wildman–Crippen MR) is 97.7 cm³/mol. The Bertz CT molecular complexity index is 970. The molecule has 0 saturated heterocycles. The summed E-state index contributed by atoms with van der Waals surface area (Å²) in [5.41, 5.74) is 3.71.